The van der Waals surface area contributed by atoms with E-state index in [1.807, 2.05) is 4.57 Å². The molecule has 1 fully saturated rings. The van der Waals surface area contributed by atoms with Crippen molar-refractivity contribution in [2.45, 2.75) is 39.7 Å². The van der Waals surface area contributed by atoms with Crippen LogP contribution in [0.1, 0.15) is 35.6 Å². The highest BCUT2D eigenvalue weighted by molar-refractivity contribution is 7.17. The first kappa shape index (κ1) is 21.1. The molecular formula is C27H29N3OS. The summed E-state index contributed by atoms with van der Waals surface area (Å²) >= 11 is 1.57. The van der Waals surface area contributed by atoms with Crippen LogP contribution in [0.2, 0.25) is 0 Å². The monoisotopic (exact) mass is 443 g/mol. The van der Waals surface area contributed by atoms with E-state index < -0.39 is 0 Å². The number of thiophene rings is 1. The van der Waals surface area contributed by atoms with Gasteiger partial charge in [0.15, 0.2) is 0 Å². The molecule has 4 aromatic rings. The van der Waals surface area contributed by atoms with Gasteiger partial charge in [-0.15, -0.1) is 11.3 Å². The van der Waals surface area contributed by atoms with Gasteiger partial charge in [0, 0.05) is 22.5 Å². The molecule has 5 rings (SSSR count). The fourth-order valence-corrected chi connectivity index (χ4v) is 5.83. The quantitative estimate of drug-likeness (QED) is 0.391. The predicted octanol–water partition coefficient (Wildman–Crippen LogP) is 5.98. The minimum atomic E-state index is 0.0947. The van der Waals surface area contributed by atoms with E-state index in [1.165, 1.54) is 16.7 Å². The molecule has 0 N–H and O–H groups in total. The van der Waals surface area contributed by atoms with E-state index in [4.69, 9.17) is 4.98 Å². The van der Waals surface area contributed by atoms with Crippen LogP contribution in [-0.2, 0) is 0 Å². The molecular weight excluding hydrogens is 414 g/mol. The zero-order valence-corrected chi connectivity index (χ0v) is 20.0. The Morgan fingerprint density at radius 1 is 0.969 bits per heavy atom. The SMILES string of the molecule is Cc1cccc(-c2nc3scc(-c4ccc(C)cc4C)c3c(=O)n2C2CCN(C)CC2)c1. The van der Waals surface area contributed by atoms with Gasteiger partial charge >= 0.3 is 0 Å². The van der Waals surface area contributed by atoms with Crippen molar-refractivity contribution in [1.29, 1.82) is 0 Å². The molecule has 0 atom stereocenters. The molecule has 164 valence electrons. The average molecular weight is 444 g/mol. The van der Waals surface area contributed by atoms with Crippen LogP contribution >= 0.6 is 11.3 Å². The predicted molar refractivity (Wildman–Crippen MR) is 135 cm³/mol. The summed E-state index contributed by atoms with van der Waals surface area (Å²) in [6, 6.07) is 15.0. The zero-order valence-electron chi connectivity index (χ0n) is 19.2. The lowest BCUT2D eigenvalue weighted by molar-refractivity contribution is 0.219. The molecule has 5 heteroatoms. The number of rotatable bonds is 3. The number of fused-ring (bicyclic) bond motifs is 1. The topological polar surface area (TPSA) is 38.1 Å². The number of aryl methyl sites for hydroxylation is 3. The summed E-state index contributed by atoms with van der Waals surface area (Å²) in [4.78, 5) is 22.4. The number of likely N-dealkylation sites (tertiary alicyclic amines) is 1. The maximum atomic E-state index is 14.1. The van der Waals surface area contributed by atoms with Crippen molar-refractivity contribution in [3.8, 4) is 22.5 Å². The minimum absolute atomic E-state index is 0.0947. The van der Waals surface area contributed by atoms with Crippen molar-refractivity contribution in [3.05, 3.63) is 74.9 Å². The Hall–Kier alpha value is -2.76. The van der Waals surface area contributed by atoms with Gasteiger partial charge in [0.25, 0.3) is 5.56 Å². The fourth-order valence-electron chi connectivity index (χ4n) is 4.90. The van der Waals surface area contributed by atoms with Crippen LogP contribution in [0, 0.1) is 20.8 Å². The van der Waals surface area contributed by atoms with Crippen LogP contribution in [0.25, 0.3) is 32.7 Å². The van der Waals surface area contributed by atoms with Gasteiger partial charge in [-0.2, -0.15) is 0 Å². The van der Waals surface area contributed by atoms with E-state index >= 15 is 0 Å². The second-order valence-electron chi connectivity index (χ2n) is 9.16. The Morgan fingerprint density at radius 3 is 2.44 bits per heavy atom. The Morgan fingerprint density at radius 2 is 1.72 bits per heavy atom. The molecule has 0 amide bonds. The third-order valence-electron chi connectivity index (χ3n) is 6.64. The number of hydrogen-bond donors (Lipinski definition) is 0. The van der Waals surface area contributed by atoms with Gasteiger partial charge in [0.1, 0.15) is 10.7 Å². The average Bonchev–Trinajstić information content (AvgIpc) is 3.19. The summed E-state index contributed by atoms with van der Waals surface area (Å²) in [7, 11) is 2.15. The normalized spacial score (nSPS) is 15.5. The van der Waals surface area contributed by atoms with Crippen LogP contribution in [-0.4, -0.2) is 34.6 Å². The van der Waals surface area contributed by atoms with Gasteiger partial charge in [-0.05, 0) is 70.9 Å². The van der Waals surface area contributed by atoms with E-state index in [9.17, 15) is 4.79 Å². The molecule has 1 saturated heterocycles. The molecule has 4 nitrogen and oxygen atoms in total. The molecule has 3 heterocycles. The third kappa shape index (κ3) is 3.70. The number of nitrogens with zero attached hydrogens (tertiary/aromatic N) is 3. The number of benzene rings is 2. The molecule has 0 unspecified atom stereocenters. The number of hydrogen-bond acceptors (Lipinski definition) is 4. The summed E-state index contributed by atoms with van der Waals surface area (Å²) in [5, 5.41) is 2.87. The highest BCUT2D eigenvalue weighted by Crippen LogP contribution is 2.36. The fraction of sp³-hybridized carbons (Fsp3) is 0.333. The van der Waals surface area contributed by atoms with Crippen molar-refractivity contribution < 1.29 is 0 Å². The van der Waals surface area contributed by atoms with Crippen LogP contribution in [0.4, 0.5) is 0 Å². The summed E-state index contributed by atoms with van der Waals surface area (Å²) in [5.41, 5.74) is 6.85. The zero-order chi connectivity index (χ0) is 22.4. The van der Waals surface area contributed by atoms with Crippen LogP contribution in [0.15, 0.2) is 52.6 Å². The maximum Gasteiger partial charge on any atom is 0.263 e. The van der Waals surface area contributed by atoms with E-state index in [0.717, 1.165) is 58.7 Å². The lowest BCUT2D eigenvalue weighted by atomic mass is 9.98. The second kappa shape index (κ2) is 8.30. The van der Waals surface area contributed by atoms with Crippen molar-refractivity contribution >= 4 is 21.6 Å². The molecule has 0 aliphatic carbocycles. The smallest absolute Gasteiger partial charge is 0.263 e. The Bertz CT molecular complexity index is 1360. The molecule has 0 radical (unpaired) electrons. The lowest BCUT2D eigenvalue weighted by Gasteiger charge is -2.31. The number of aromatic nitrogens is 2. The Balaban J connectivity index is 1.77. The standard InChI is InChI=1S/C27H29N3OS/c1-17-6-5-7-20(15-17)25-28-26-24(27(31)30(25)21-10-12-29(4)13-11-21)23(16-32-26)22-9-8-18(2)14-19(22)3/h5-9,14-16,21H,10-13H2,1-4H3. The van der Waals surface area contributed by atoms with E-state index in [0.29, 0.717) is 0 Å². The van der Waals surface area contributed by atoms with Gasteiger partial charge < -0.3 is 4.90 Å². The summed E-state index contributed by atoms with van der Waals surface area (Å²) in [5.74, 6) is 0.801. The summed E-state index contributed by atoms with van der Waals surface area (Å²) < 4.78 is 2.00. The summed E-state index contributed by atoms with van der Waals surface area (Å²) in [6.45, 7) is 8.30. The largest absolute Gasteiger partial charge is 0.306 e. The van der Waals surface area contributed by atoms with Crippen molar-refractivity contribution in [1.82, 2.24) is 14.5 Å². The third-order valence-corrected chi connectivity index (χ3v) is 7.51. The van der Waals surface area contributed by atoms with Crippen molar-refractivity contribution in [2.24, 2.45) is 0 Å². The van der Waals surface area contributed by atoms with Gasteiger partial charge in [0.2, 0.25) is 0 Å². The molecule has 2 aromatic heterocycles. The molecule has 1 aliphatic rings. The molecule has 2 aromatic carbocycles. The molecule has 32 heavy (non-hydrogen) atoms. The van der Waals surface area contributed by atoms with Gasteiger partial charge in [-0.1, -0.05) is 47.5 Å². The molecule has 1 aliphatic heterocycles. The second-order valence-corrected chi connectivity index (χ2v) is 10.0. The first-order valence-corrected chi connectivity index (χ1v) is 12.2. The molecule has 0 bridgehead atoms. The Kier molecular flexibility index (Phi) is 5.48. The molecule has 0 saturated carbocycles. The first-order valence-electron chi connectivity index (χ1n) is 11.3. The van der Waals surface area contributed by atoms with Crippen LogP contribution < -0.4 is 5.56 Å². The highest BCUT2D eigenvalue weighted by Gasteiger charge is 2.26. The van der Waals surface area contributed by atoms with E-state index in [2.05, 4.69) is 80.6 Å². The Labute approximate surface area is 193 Å². The van der Waals surface area contributed by atoms with Gasteiger partial charge in [-0.25, -0.2) is 4.98 Å². The molecule has 0 spiro atoms. The van der Waals surface area contributed by atoms with E-state index in [1.54, 1.807) is 11.3 Å². The minimum Gasteiger partial charge on any atom is -0.306 e. The van der Waals surface area contributed by atoms with Gasteiger partial charge in [0.05, 0.1) is 5.39 Å². The summed E-state index contributed by atoms with van der Waals surface area (Å²) in [6.07, 6.45) is 1.93. The maximum absolute atomic E-state index is 14.1. The first-order chi connectivity index (χ1) is 15.4. The van der Waals surface area contributed by atoms with Crippen LogP contribution in [0.3, 0.4) is 0 Å². The van der Waals surface area contributed by atoms with E-state index in [-0.39, 0.29) is 11.6 Å². The van der Waals surface area contributed by atoms with Crippen molar-refractivity contribution in [3.63, 3.8) is 0 Å². The van der Waals surface area contributed by atoms with Gasteiger partial charge in [-0.3, -0.25) is 9.36 Å². The number of piperidine rings is 1. The van der Waals surface area contributed by atoms with Crippen molar-refractivity contribution in [2.75, 3.05) is 20.1 Å². The highest BCUT2D eigenvalue weighted by atomic mass is 32.1. The lowest BCUT2D eigenvalue weighted by Crippen LogP contribution is -2.36. The van der Waals surface area contributed by atoms with Crippen LogP contribution in [0.5, 0.6) is 0 Å².